The molecular formula is C12H26O. The van der Waals surface area contributed by atoms with Crippen molar-refractivity contribution < 1.29 is 5.11 Å². The van der Waals surface area contributed by atoms with E-state index in [1.165, 1.54) is 19.3 Å². The molecule has 1 N–H and O–H groups in total. The third-order valence-electron chi connectivity index (χ3n) is 3.30. The Kier molecular flexibility index (Phi) is 6.40. The molecule has 0 rings (SSSR count). The molecule has 1 heteroatoms. The lowest BCUT2D eigenvalue weighted by Crippen LogP contribution is -2.21. The van der Waals surface area contributed by atoms with Gasteiger partial charge < -0.3 is 5.11 Å². The van der Waals surface area contributed by atoms with Gasteiger partial charge in [-0.1, -0.05) is 40.5 Å². The van der Waals surface area contributed by atoms with E-state index in [0.29, 0.717) is 12.0 Å². The fraction of sp³-hybridized carbons (Fsp3) is 1.00. The van der Waals surface area contributed by atoms with Crippen LogP contribution in [0.25, 0.3) is 0 Å². The molecule has 0 radical (unpaired) electrons. The van der Waals surface area contributed by atoms with E-state index in [-0.39, 0.29) is 0 Å². The van der Waals surface area contributed by atoms with Crippen LogP contribution in [0.5, 0.6) is 0 Å². The molecule has 80 valence electrons. The maximum Gasteiger partial charge on any atom is 0.0431 e. The third kappa shape index (κ3) is 5.30. The van der Waals surface area contributed by atoms with E-state index in [9.17, 15) is 0 Å². The zero-order valence-corrected chi connectivity index (χ0v) is 9.77. The van der Waals surface area contributed by atoms with E-state index in [1.54, 1.807) is 0 Å². The van der Waals surface area contributed by atoms with Crippen LogP contribution in [0.1, 0.15) is 59.8 Å². The second-order valence-electron chi connectivity index (χ2n) is 4.86. The van der Waals surface area contributed by atoms with Gasteiger partial charge in [-0.2, -0.15) is 0 Å². The van der Waals surface area contributed by atoms with Crippen molar-refractivity contribution in [2.75, 3.05) is 6.61 Å². The zero-order valence-electron chi connectivity index (χ0n) is 9.77. The van der Waals surface area contributed by atoms with Gasteiger partial charge in [0.25, 0.3) is 0 Å². The highest BCUT2D eigenvalue weighted by molar-refractivity contribution is 4.75. The quantitative estimate of drug-likeness (QED) is 0.644. The van der Waals surface area contributed by atoms with Gasteiger partial charge in [-0.3, -0.25) is 0 Å². The summed E-state index contributed by atoms with van der Waals surface area (Å²) in [5.41, 5.74) is 0.450. The molecule has 0 heterocycles. The Morgan fingerprint density at radius 1 is 1.23 bits per heavy atom. The van der Waals surface area contributed by atoms with Crippen molar-refractivity contribution in [3.05, 3.63) is 0 Å². The van der Waals surface area contributed by atoms with Crippen LogP contribution in [0.4, 0.5) is 0 Å². The van der Waals surface area contributed by atoms with Crippen molar-refractivity contribution in [3.8, 4) is 0 Å². The summed E-state index contributed by atoms with van der Waals surface area (Å²) in [6.07, 6.45) is 6.05. The summed E-state index contributed by atoms with van der Waals surface area (Å²) in [6.45, 7) is 9.60. The first kappa shape index (κ1) is 13.0. The van der Waals surface area contributed by atoms with Crippen molar-refractivity contribution in [1.82, 2.24) is 0 Å². The summed E-state index contributed by atoms with van der Waals surface area (Å²) in [5, 5.41) is 8.76. The summed E-state index contributed by atoms with van der Waals surface area (Å²) in [5.74, 6) is 0.728. The van der Waals surface area contributed by atoms with Gasteiger partial charge in [0.15, 0.2) is 0 Å². The molecule has 0 aliphatic rings. The lowest BCUT2D eigenvalue weighted by Gasteiger charge is -2.32. The second kappa shape index (κ2) is 6.42. The molecule has 0 aliphatic heterocycles. The summed E-state index contributed by atoms with van der Waals surface area (Å²) < 4.78 is 0. The van der Waals surface area contributed by atoms with Gasteiger partial charge in [-0.25, -0.2) is 0 Å². The lowest BCUT2D eigenvalue weighted by molar-refractivity contribution is 0.177. The number of rotatable bonds is 7. The first-order valence-corrected chi connectivity index (χ1v) is 5.65. The molecule has 0 spiro atoms. The van der Waals surface area contributed by atoms with Crippen LogP contribution in [-0.2, 0) is 0 Å². The van der Waals surface area contributed by atoms with Crippen molar-refractivity contribution in [3.63, 3.8) is 0 Å². The molecule has 0 aromatic carbocycles. The Bertz CT molecular complexity index is 118. The lowest BCUT2D eigenvalue weighted by atomic mass is 9.74. The Labute approximate surface area is 83.5 Å². The molecule has 0 bridgehead atoms. The van der Waals surface area contributed by atoms with Crippen molar-refractivity contribution in [2.24, 2.45) is 11.3 Å². The van der Waals surface area contributed by atoms with E-state index in [1.807, 2.05) is 0 Å². The predicted molar refractivity (Wildman–Crippen MR) is 58.8 cm³/mol. The second-order valence-corrected chi connectivity index (χ2v) is 4.86. The molecule has 0 saturated carbocycles. The maximum absolute atomic E-state index is 8.76. The predicted octanol–water partition coefficient (Wildman–Crippen LogP) is 3.61. The normalized spacial score (nSPS) is 14.5. The van der Waals surface area contributed by atoms with Gasteiger partial charge in [0, 0.05) is 6.61 Å². The molecule has 0 fully saturated rings. The zero-order chi connectivity index (χ0) is 10.3. The summed E-state index contributed by atoms with van der Waals surface area (Å²) in [4.78, 5) is 0. The van der Waals surface area contributed by atoms with Crippen LogP contribution >= 0.6 is 0 Å². The molecular weight excluding hydrogens is 160 g/mol. The van der Waals surface area contributed by atoms with Crippen LogP contribution in [-0.4, -0.2) is 11.7 Å². The van der Waals surface area contributed by atoms with Crippen LogP contribution in [0.2, 0.25) is 0 Å². The van der Waals surface area contributed by atoms with E-state index < -0.39 is 0 Å². The van der Waals surface area contributed by atoms with E-state index in [2.05, 4.69) is 27.7 Å². The fourth-order valence-electron chi connectivity index (χ4n) is 1.67. The van der Waals surface area contributed by atoms with Gasteiger partial charge in [0.2, 0.25) is 0 Å². The van der Waals surface area contributed by atoms with Crippen LogP contribution in [0.3, 0.4) is 0 Å². The molecule has 0 aromatic rings. The van der Waals surface area contributed by atoms with Crippen molar-refractivity contribution in [1.29, 1.82) is 0 Å². The highest BCUT2D eigenvalue weighted by Gasteiger charge is 2.24. The molecule has 1 nitrogen and oxygen atoms in total. The molecule has 0 aliphatic carbocycles. The molecule has 13 heavy (non-hydrogen) atoms. The summed E-state index contributed by atoms with van der Waals surface area (Å²) in [6, 6.07) is 0. The standard InChI is InChI=1S/C12H26O/c1-5-6-9-12(3,4)11(2)8-7-10-13/h11,13H,5-10H2,1-4H3. The highest BCUT2D eigenvalue weighted by Crippen LogP contribution is 2.34. The molecule has 0 saturated heterocycles. The number of hydrogen-bond donors (Lipinski definition) is 1. The van der Waals surface area contributed by atoms with Crippen LogP contribution < -0.4 is 0 Å². The van der Waals surface area contributed by atoms with Crippen LogP contribution in [0, 0.1) is 11.3 Å². The smallest absolute Gasteiger partial charge is 0.0431 e. The number of aliphatic hydroxyl groups is 1. The van der Waals surface area contributed by atoms with Crippen LogP contribution in [0.15, 0.2) is 0 Å². The fourth-order valence-corrected chi connectivity index (χ4v) is 1.67. The molecule has 0 amide bonds. The van der Waals surface area contributed by atoms with E-state index >= 15 is 0 Å². The first-order chi connectivity index (χ1) is 6.04. The van der Waals surface area contributed by atoms with Gasteiger partial charge in [0.1, 0.15) is 0 Å². The maximum atomic E-state index is 8.76. The van der Waals surface area contributed by atoms with Gasteiger partial charge in [-0.05, 0) is 30.6 Å². The monoisotopic (exact) mass is 186 g/mol. The minimum absolute atomic E-state index is 0.341. The first-order valence-electron chi connectivity index (χ1n) is 5.65. The molecule has 1 unspecified atom stereocenters. The Hall–Kier alpha value is -0.0400. The Balaban J connectivity index is 3.80. The van der Waals surface area contributed by atoms with Crippen molar-refractivity contribution in [2.45, 2.75) is 59.8 Å². The van der Waals surface area contributed by atoms with Crippen molar-refractivity contribution >= 4 is 0 Å². The molecule has 1 atom stereocenters. The largest absolute Gasteiger partial charge is 0.396 e. The SMILES string of the molecule is CCCCC(C)(C)C(C)CCCO. The Morgan fingerprint density at radius 3 is 2.31 bits per heavy atom. The number of aliphatic hydroxyl groups excluding tert-OH is 1. The third-order valence-corrected chi connectivity index (χ3v) is 3.30. The average Bonchev–Trinajstić information content (AvgIpc) is 2.10. The van der Waals surface area contributed by atoms with Gasteiger partial charge in [-0.15, -0.1) is 0 Å². The Morgan fingerprint density at radius 2 is 1.85 bits per heavy atom. The van der Waals surface area contributed by atoms with Gasteiger partial charge >= 0.3 is 0 Å². The topological polar surface area (TPSA) is 20.2 Å². The summed E-state index contributed by atoms with van der Waals surface area (Å²) >= 11 is 0. The highest BCUT2D eigenvalue weighted by atomic mass is 16.2. The van der Waals surface area contributed by atoms with Gasteiger partial charge in [0.05, 0.1) is 0 Å². The summed E-state index contributed by atoms with van der Waals surface area (Å²) in [7, 11) is 0. The number of hydrogen-bond acceptors (Lipinski definition) is 1. The average molecular weight is 186 g/mol. The minimum atomic E-state index is 0.341. The minimum Gasteiger partial charge on any atom is -0.396 e. The number of unbranched alkanes of at least 4 members (excludes halogenated alkanes) is 1. The van der Waals surface area contributed by atoms with E-state index in [4.69, 9.17) is 5.11 Å². The molecule has 0 aromatic heterocycles. The van der Waals surface area contributed by atoms with E-state index in [0.717, 1.165) is 18.8 Å².